The third-order valence-electron chi connectivity index (χ3n) is 9.22. The van der Waals surface area contributed by atoms with E-state index in [0.29, 0.717) is 6.61 Å². The van der Waals surface area contributed by atoms with E-state index in [9.17, 15) is 0 Å². The van der Waals surface area contributed by atoms with Crippen LogP contribution in [-0.2, 0) is 14.9 Å². The SMILES string of the molecule is c1ccc2cc3c(cc2c1)-c1ccc2ccccc2c1C3(c1ccc(OCC2CO2)cc1)c1ccc(OC2CCO2)cc1. The van der Waals surface area contributed by atoms with Gasteiger partial charge in [0.05, 0.1) is 18.6 Å². The molecule has 4 heteroatoms. The van der Waals surface area contributed by atoms with Crippen molar-refractivity contribution >= 4 is 21.5 Å². The number of hydrogen-bond donors (Lipinski definition) is 0. The van der Waals surface area contributed by atoms with E-state index in [1.807, 2.05) is 0 Å². The molecule has 3 aliphatic rings. The van der Waals surface area contributed by atoms with E-state index in [1.165, 1.54) is 54.9 Å². The minimum absolute atomic E-state index is 0.156. The molecule has 9 rings (SSSR count). The summed E-state index contributed by atoms with van der Waals surface area (Å²) in [6.07, 6.45) is 0.981. The van der Waals surface area contributed by atoms with Gasteiger partial charge in [-0.25, -0.2) is 0 Å². The van der Waals surface area contributed by atoms with Gasteiger partial charge in [-0.1, -0.05) is 84.9 Å². The van der Waals surface area contributed by atoms with Gasteiger partial charge < -0.3 is 18.9 Å². The molecule has 6 aromatic carbocycles. The Morgan fingerprint density at radius 1 is 0.651 bits per heavy atom. The lowest BCUT2D eigenvalue weighted by Crippen LogP contribution is -2.32. The molecule has 0 amide bonds. The van der Waals surface area contributed by atoms with E-state index in [4.69, 9.17) is 18.9 Å². The van der Waals surface area contributed by atoms with E-state index >= 15 is 0 Å². The summed E-state index contributed by atoms with van der Waals surface area (Å²) in [6, 6.07) is 44.1. The normalized spacial score (nSPS) is 21.7. The summed E-state index contributed by atoms with van der Waals surface area (Å²) < 4.78 is 23.1. The predicted octanol–water partition coefficient (Wildman–Crippen LogP) is 8.26. The second kappa shape index (κ2) is 9.70. The van der Waals surface area contributed by atoms with Crippen molar-refractivity contribution in [2.45, 2.75) is 24.2 Å². The van der Waals surface area contributed by atoms with E-state index in [0.717, 1.165) is 31.1 Å². The first-order valence-electron chi connectivity index (χ1n) is 15.1. The van der Waals surface area contributed by atoms with Gasteiger partial charge in [0.15, 0.2) is 0 Å². The van der Waals surface area contributed by atoms with Crippen LogP contribution in [0.2, 0.25) is 0 Å². The van der Waals surface area contributed by atoms with Gasteiger partial charge in [0.1, 0.15) is 24.2 Å². The number of fused-ring (bicyclic) bond motifs is 6. The van der Waals surface area contributed by atoms with E-state index in [1.54, 1.807) is 0 Å². The van der Waals surface area contributed by atoms with Gasteiger partial charge in [-0.15, -0.1) is 0 Å². The van der Waals surface area contributed by atoms with Gasteiger partial charge in [-0.05, 0) is 91.3 Å². The van der Waals surface area contributed by atoms with Crippen LogP contribution < -0.4 is 9.47 Å². The standard InChI is InChI=1S/C39H30O4/c1-2-7-27-22-36-35(21-26(27)6-1)34-18-9-25-5-3-4-8-33(25)38(34)39(36,28-10-14-30(15-11-28)41-23-32-24-42-32)29-12-16-31(17-13-29)43-37-19-20-40-37/h1-18,21-22,32,37H,19-20,23-24H2. The van der Waals surface area contributed by atoms with Gasteiger partial charge in [0.25, 0.3) is 0 Å². The first kappa shape index (κ1) is 24.9. The molecule has 6 aromatic rings. The Kier molecular flexibility index (Phi) is 5.62. The fourth-order valence-electron chi connectivity index (χ4n) is 6.97. The van der Waals surface area contributed by atoms with Crippen LogP contribution in [0.4, 0.5) is 0 Å². The van der Waals surface area contributed by atoms with Gasteiger partial charge in [0, 0.05) is 6.42 Å². The van der Waals surface area contributed by atoms with Crippen molar-refractivity contribution in [3.05, 3.63) is 144 Å². The summed E-state index contributed by atoms with van der Waals surface area (Å²) in [5.41, 5.74) is 6.98. The molecule has 0 saturated carbocycles. The van der Waals surface area contributed by atoms with Gasteiger partial charge in [-0.2, -0.15) is 0 Å². The summed E-state index contributed by atoms with van der Waals surface area (Å²) >= 11 is 0. The number of epoxide rings is 1. The molecule has 2 aliphatic heterocycles. The first-order valence-corrected chi connectivity index (χ1v) is 15.1. The molecule has 2 saturated heterocycles. The monoisotopic (exact) mass is 562 g/mol. The Bertz CT molecular complexity index is 1990. The molecule has 0 radical (unpaired) electrons. The molecule has 4 nitrogen and oxygen atoms in total. The van der Waals surface area contributed by atoms with Crippen LogP contribution in [-0.4, -0.2) is 32.2 Å². The second-order valence-electron chi connectivity index (χ2n) is 11.7. The Labute approximate surface area is 250 Å². The zero-order valence-electron chi connectivity index (χ0n) is 23.7. The molecule has 0 aromatic heterocycles. The highest BCUT2D eigenvalue weighted by Gasteiger charge is 2.47. The highest BCUT2D eigenvalue weighted by atomic mass is 16.7. The molecule has 2 fully saturated rings. The third kappa shape index (κ3) is 3.98. The number of benzene rings is 6. The molecule has 0 bridgehead atoms. The van der Waals surface area contributed by atoms with Crippen molar-refractivity contribution in [1.82, 2.24) is 0 Å². The van der Waals surface area contributed by atoms with Crippen molar-refractivity contribution in [2.75, 3.05) is 19.8 Å². The fourth-order valence-corrected chi connectivity index (χ4v) is 6.97. The zero-order chi connectivity index (χ0) is 28.4. The van der Waals surface area contributed by atoms with Crippen molar-refractivity contribution in [2.24, 2.45) is 0 Å². The molecule has 1 aliphatic carbocycles. The maximum absolute atomic E-state index is 6.09. The summed E-state index contributed by atoms with van der Waals surface area (Å²) in [5, 5.41) is 4.96. The molecular formula is C39H30O4. The maximum Gasteiger partial charge on any atom is 0.202 e. The Hall–Kier alpha value is -4.64. The molecular weight excluding hydrogens is 532 g/mol. The maximum atomic E-state index is 6.09. The van der Waals surface area contributed by atoms with E-state index < -0.39 is 5.41 Å². The molecule has 0 N–H and O–H groups in total. The lowest BCUT2D eigenvalue weighted by atomic mass is 9.66. The predicted molar refractivity (Wildman–Crippen MR) is 169 cm³/mol. The number of rotatable bonds is 7. The average molecular weight is 563 g/mol. The van der Waals surface area contributed by atoms with E-state index in [-0.39, 0.29) is 12.4 Å². The minimum Gasteiger partial charge on any atom is -0.491 e. The molecule has 43 heavy (non-hydrogen) atoms. The topological polar surface area (TPSA) is 40.2 Å². The van der Waals surface area contributed by atoms with Crippen LogP contribution in [0.25, 0.3) is 32.7 Å². The highest BCUT2D eigenvalue weighted by Crippen LogP contribution is 2.59. The van der Waals surface area contributed by atoms with Crippen LogP contribution >= 0.6 is 0 Å². The molecule has 0 spiro atoms. The quantitative estimate of drug-likeness (QED) is 0.183. The van der Waals surface area contributed by atoms with Gasteiger partial charge in [0.2, 0.25) is 6.29 Å². The molecule has 3 atom stereocenters. The largest absolute Gasteiger partial charge is 0.491 e. The van der Waals surface area contributed by atoms with Crippen LogP contribution in [0.5, 0.6) is 11.5 Å². The minimum atomic E-state index is -0.556. The summed E-state index contributed by atoms with van der Waals surface area (Å²) in [6.45, 7) is 2.12. The number of ether oxygens (including phenoxy) is 4. The van der Waals surface area contributed by atoms with E-state index in [2.05, 4.69) is 121 Å². The highest BCUT2D eigenvalue weighted by molar-refractivity contribution is 6.03. The van der Waals surface area contributed by atoms with Crippen LogP contribution in [0.3, 0.4) is 0 Å². The Morgan fingerprint density at radius 2 is 1.30 bits per heavy atom. The first-order chi connectivity index (χ1) is 21.3. The lowest BCUT2D eigenvalue weighted by Gasteiger charge is -2.35. The molecule has 2 heterocycles. The van der Waals surface area contributed by atoms with Crippen LogP contribution in [0, 0.1) is 0 Å². The molecule has 3 unspecified atom stereocenters. The third-order valence-corrected chi connectivity index (χ3v) is 9.22. The van der Waals surface area contributed by atoms with Crippen molar-refractivity contribution in [3.63, 3.8) is 0 Å². The van der Waals surface area contributed by atoms with Crippen LogP contribution in [0.15, 0.2) is 121 Å². The molecule has 210 valence electrons. The van der Waals surface area contributed by atoms with Gasteiger partial charge >= 0.3 is 0 Å². The summed E-state index contributed by atoms with van der Waals surface area (Å²) in [4.78, 5) is 0. The average Bonchev–Trinajstić information content (AvgIpc) is 3.83. The van der Waals surface area contributed by atoms with Crippen molar-refractivity contribution in [1.29, 1.82) is 0 Å². The summed E-state index contributed by atoms with van der Waals surface area (Å²) in [7, 11) is 0. The second-order valence-corrected chi connectivity index (χ2v) is 11.7. The Balaban J connectivity index is 1.32. The van der Waals surface area contributed by atoms with Crippen molar-refractivity contribution < 1.29 is 18.9 Å². The van der Waals surface area contributed by atoms with Crippen LogP contribution in [0.1, 0.15) is 28.7 Å². The summed E-state index contributed by atoms with van der Waals surface area (Å²) in [5.74, 6) is 1.68. The fraction of sp³-hybridized carbons (Fsp3) is 0.179. The van der Waals surface area contributed by atoms with Gasteiger partial charge in [-0.3, -0.25) is 0 Å². The van der Waals surface area contributed by atoms with Crippen molar-refractivity contribution in [3.8, 4) is 22.6 Å². The lowest BCUT2D eigenvalue weighted by molar-refractivity contribution is -0.165. The Morgan fingerprint density at radius 3 is 1.98 bits per heavy atom. The zero-order valence-corrected chi connectivity index (χ0v) is 23.7. The number of hydrogen-bond acceptors (Lipinski definition) is 4. The smallest absolute Gasteiger partial charge is 0.202 e.